The van der Waals surface area contributed by atoms with Crippen LogP contribution in [0.1, 0.15) is 26.2 Å². The van der Waals surface area contributed by atoms with Crippen LogP contribution in [-0.2, 0) is 0 Å². The number of aliphatic hydroxyl groups excluding tert-OH is 1. The topological polar surface area (TPSA) is 32.3 Å². The Morgan fingerprint density at radius 3 is 2.67 bits per heavy atom. The van der Waals surface area contributed by atoms with E-state index in [4.69, 9.17) is 0 Å². The maximum Gasteiger partial charge on any atom is 0.0549 e. The normalized spacial score (nSPS) is 22.2. The summed E-state index contributed by atoms with van der Waals surface area (Å²) in [7, 11) is 0. The first-order chi connectivity index (χ1) is 5.70. The molecule has 0 aromatic heterocycles. The van der Waals surface area contributed by atoms with Crippen molar-refractivity contribution in [3.8, 4) is 0 Å². The second-order valence-corrected chi connectivity index (χ2v) is 3.74. The molecule has 1 unspecified atom stereocenters. The van der Waals surface area contributed by atoms with Crippen molar-refractivity contribution < 1.29 is 5.11 Å². The van der Waals surface area contributed by atoms with Gasteiger partial charge in [-0.05, 0) is 45.2 Å². The number of nitrogens with one attached hydrogen (secondary N) is 1. The molecule has 0 aromatic rings. The summed E-state index contributed by atoms with van der Waals surface area (Å²) in [6.45, 7) is 8.06. The van der Waals surface area contributed by atoms with E-state index in [9.17, 15) is 5.11 Å². The van der Waals surface area contributed by atoms with Gasteiger partial charge in [-0.15, -0.1) is 0 Å². The van der Waals surface area contributed by atoms with Crippen LogP contribution in [-0.4, -0.2) is 24.3 Å². The molecule has 1 aliphatic heterocycles. The Hall–Kier alpha value is -0.340. The van der Waals surface area contributed by atoms with Gasteiger partial charge in [-0.1, -0.05) is 12.2 Å². The molecule has 2 heteroatoms. The van der Waals surface area contributed by atoms with Gasteiger partial charge in [0, 0.05) is 0 Å². The summed E-state index contributed by atoms with van der Waals surface area (Å²) in [5.74, 6) is 0.640. The monoisotopic (exact) mass is 169 g/mol. The summed E-state index contributed by atoms with van der Waals surface area (Å²) in [4.78, 5) is 0. The highest BCUT2D eigenvalue weighted by Crippen LogP contribution is 2.23. The van der Waals surface area contributed by atoms with Crippen molar-refractivity contribution in [2.24, 2.45) is 5.92 Å². The fourth-order valence-electron chi connectivity index (χ4n) is 1.78. The third-order valence-corrected chi connectivity index (χ3v) is 2.47. The first-order valence-corrected chi connectivity index (χ1v) is 4.76. The molecule has 1 atom stereocenters. The van der Waals surface area contributed by atoms with E-state index in [0.29, 0.717) is 5.92 Å². The van der Waals surface area contributed by atoms with Crippen LogP contribution in [0.5, 0.6) is 0 Å². The zero-order valence-electron chi connectivity index (χ0n) is 7.84. The van der Waals surface area contributed by atoms with Crippen molar-refractivity contribution in [2.75, 3.05) is 13.1 Å². The molecule has 70 valence electrons. The first kappa shape index (κ1) is 9.75. The molecule has 1 aliphatic rings. The summed E-state index contributed by atoms with van der Waals surface area (Å²) >= 11 is 0. The maximum atomic E-state index is 9.18. The van der Waals surface area contributed by atoms with E-state index in [1.54, 1.807) is 0 Å². The number of hydrogen-bond acceptors (Lipinski definition) is 2. The standard InChI is InChI=1S/C10H19NO/c1-8(7-9(2)12)10-3-5-11-6-4-10/h9-12H,1,3-7H2,2H3. The van der Waals surface area contributed by atoms with Crippen LogP contribution in [0.4, 0.5) is 0 Å². The summed E-state index contributed by atoms with van der Waals surface area (Å²) in [5.41, 5.74) is 1.23. The zero-order chi connectivity index (χ0) is 8.97. The van der Waals surface area contributed by atoms with E-state index in [0.717, 1.165) is 19.5 Å². The Kier molecular flexibility index (Phi) is 3.76. The lowest BCUT2D eigenvalue weighted by Crippen LogP contribution is -2.29. The molecule has 1 rings (SSSR count). The highest BCUT2D eigenvalue weighted by atomic mass is 16.3. The van der Waals surface area contributed by atoms with E-state index in [2.05, 4.69) is 11.9 Å². The lowest BCUT2D eigenvalue weighted by atomic mass is 9.88. The van der Waals surface area contributed by atoms with Crippen molar-refractivity contribution >= 4 is 0 Å². The molecule has 0 aliphatic carbocycles. The van der Waals surface area contributed by atoms with Crippen LogP contribution in [0.3, 0.4) is 0 Å². The fraction of sp³-hybridized carbons (Fsp3) is 0.800. The van der Waals surface area contributed by atoms with Gasteiger partial charge in [-0.3, -0.25) is 0 Å². The molecule has 0 radical (unpaired) electrons. The summed E-state index contributed by atoms with van der Waals surface area (Å²) < 4.78 is 0. The van der Waals surface area contributed by atoms with Crippen LogP contribution < -0.4 is 5.32 Å². The molecule has 2 N–H and O–H groups in total. The van der Waals surface area contributed by atoms with Crippen molar-refractivity contribution in [1.29, 1.82) is 0 Å². The van der Waals surface area contributed by atoms with E-state index >= 15 is 0 Å². The van der Waals surface area contributed by atoms with Gasteiger partial charge >= 0.3 is 0 Å². The van der Waals surface area contributed by atoms with E-state index in [1.165, 1.54) is 18.4 Å². The highest BCUT2D eigenvalue weighted by Gasteiger charge is 2.16. The summed E-state index contributed by atoms with van der Waals surface area (Å²) in [6, 6.07) is 0. The van der Waals surface area contributed by atoms with Crippen molar-refractivity contribution in [2.45, 2.75) is 32.3 Å². The van der Waals surface area contributed by atoms with Crippen LogP contribution >= 0.6 is 0 Å². The van der Waals surface area contributed by atoms with Gasteiger partial charge in [0.1, 0.15) is 0 Å². The van der Waals surface area contributed by atoms with E-state index in [-0.39, 0.29) is 6.10 Å². The summed E-state index contributed by atoms with van der Waals surface area (Å²) in [6.07, 6.45) is 2.91. The molecular formula is C10H19NO. The van der Waals surface area contributed by atoms with Crippen molar-refractivity contribution in [3.63, 3.8) is 0 Å². The van der Waals surface area contributed by atoms with Gasteiger partial charge in [0.2, 0.25) is 0 Å². The molecule has 0 amide bonds. The van der Waals surface area contributed by atoms with E-state index in [1.807, 2.05) is 6.92 Å². The molecule has 1 saturated heterocycles. The van der Waals surface area contributed by atoms with E-state index < -0.39 is 0 Å². The summed E-state index contributed by atoms with van der Waals surface area (Å²) in [5, 5.41) is 12.5. The lowest BCUT2D eigenvalue weighted by Gasteiger charge is -2.25. The minimum atomic E-state index is -0.229. The average molecular weight is 169 g/mol. The van der Waals surface area contributed by atoms with Crippen molar-refractivity contribution in [3.05, 3.63) is 12.2 Å². The van der Waals surface area contributed by atoms with Gasteiger partial charge in [0.05, 0.1) is 6.10 Å². The molecule has 0 aromatic carbocycles. The minimum absolute atomic E-state index is 0.229. The van der Waals surface area contributed by atoms with Gasteiger partial charge < -0.3 is 10.4 Å². The molecular weight excluding hydrogens is 150 g/mol. The third kappa shape index (κ3) is 2.95. The second kappa shape index (κ2) is 4.63. The Balaban J connectivity index is 2.30. The predicted octanol–water partition coefficient (Wildman–Crippen LogP) is 1.31. The molecule has 0 bridgehead atoms. The quantitative estimate of drug-likeness (QED) is 0.624. The molecule has 1 heterocycles. The van der Waals surface area contributed by atoms with Gasteiger partial charge in [-0.2, -0.15) is 0 Å². The number of rotatable bonds is 3. The average Bonchev–Trinajstić information content (AvgIpc) is 2.05. The van der Waals surface area contributed by atoms with Gasteiger partial charge in [0.25, 0.3) is 0 Å². The second-order valence-electron chi connectivity index (χ2n) is 3.74. The Labute approximate surface area is 74.7 Å². The SMILES string of the molecule is C=C(CC(C)O)C1CCNCC1. The minimum Gasteiger partial charge on any atom is -0.393 e. The molecule has 1 fully saturated rings. The lowest BCUT2D eigenvalue weighted by molar-refractivity contribution is 0.189. The van der Waals surface area contributed by atoms with Gasteiger partial charge in [-0.25, -0.2) is 0 Å². The number of piperidine rings is 1. The van der Waals surface area contributed by atoms with Crippen LogP contribution in [0.2, 0.25) is 0 Å². The molecule has 0 saturated carbocycles. The predicted molar refractivity (Wildman–Crippen MR) is 51.0 cm³/mol. The van der Waals surface area contributed by atoms with Crippen LogP contribution in [0, 0.1) is 5.92 Å². The third-order valence-electron chi connectivity index (χ3n) is 2.47. The maximum absolute atomic E-state index is 9.18. The smallest absolute Gasteiger partial charge is 0.0549 e. The van der Waals surface area contributed by atoms with Crippen molar-refractivity contribution in [1.82, 2.24) is 5.32 Å². The Bertz CT molecular complexity index is 148. The first-order valence-electron chi connectivity index (χ1n) is 4.76. The Morgan fingerprint density at radius 2 is 2.17 bits per heavy atom. The van der Waals surface area contributed by atoms with Crippen LogP contribution in [0.15, 0.2) is 12.2 Å². The number of hydrogen-bond donors (Lipinski definition) is 2. The fourth-order valence-corrected chi connectivity index (χ4v) is 1.78. The molecule has 2 nitrogen and oxygen atoms in total. The highest BCUT2D eigenvalue weighted by molar-refractivity contribution is 5.03. The zero-order valence-corrected chi connectivity index (χ0v) is 7.84. The Morgan fingerprint density at radius 1 is 1.58 bits per heavy atom. The molecule has 12 heavy (non-hydrogen) atoms. The van der Waals surface area contributed by atoms with Crippen LogP contribution in [0.25, 0.3) is 0 Å². The van der Waals surface area contributed by atoms with Gasteiger partial charge in [0.15, 0.2) is 0 Å². The molecule has 0 spiro atoms. The number of aliphatic hydroxyl groups is 1. The largest absolute Gasteiger partial charge is 0.393 e.